The molecule has 0 radical (unpaired) electrons. The SMILES string of the molecule is NC(=O)c1cc(-c2ccc(C(F)(F)F)cc2)nc(-c2ccc(C(F)(F)F)cc2)n1. The summed E-state index contributed by atoms with van der Waals surface area (Å²) in [5.74, 6) is -1.02. The highest BCUT2D eigenvalue weighted by Crippen LogP contribution is 2.32. The molecule has 0 aliphatic carbocycles. The lowest BCUT2D eigenvalue weighted by molar-refractivity contribution is -0.138. The number of carbonyl (C=O) groups is 1. The van der Waals surface area contributed by atoms with E-state index in [9.17, 15) is 31.1 Å². The lowest BCUT2D eigenvalue weighted by atomic mass is 10.1. The molecule has 4 nitrogen and oxygen atoms in total. The van der Waals surface area contributed by atoms with Gasteiger partial charge in [0.25, 0.3) is 5.91 Å². The van der Waals surface area contributed by atoms with Crippen LogP contribution in [0, 0.1) is 0 Å². The van der Waals surface area contributed by atoms with E-state index >= 15 is 0 Å². The number of halogens is 6. The van der Waals surface area contributed by atoms with Gasteiger partial charge >= 0.3 is 12.4 Å². The number of primary amides is 1. The highest BCUT2D eigenvalue weighted by molar-refractivity contribution is 5.92. The van der Waals surface area contributed by atoms with E-state index in [2.05, 4.69) is 9.97 Å². The highest BCUT2D eigenvalue weighted by Gasteiger charge is 2.31. The molecule has 1 aromatic heterocycles. The van der Waals surface area contributed by atoms with Crippen LogP contribution in [0.15, 0.2) is 54.6 Å². The summed E-state index contributed by atoms with van der Waals surface area (Å²) in [6, 6.07) is 9.11. The van der Waals surface area contributed by atoms with Crippen molar-refractivity contribution in [3.63, 3.8) is 0 Å². The quantitative estimate of drug-likeness (QED) is 0.621. The molecule has 1 amide bonds. The Morgan fingerprint density at radius 3 is 1.59 bits per heavy atom. The van der Waals surface area contributed by atoms with E-state index in [4.69, 9.17) is 5.73 Å². The maximum Gasteiger partial charge on any atom is 0.416 e. The monoisotopic (exact) mass is 411 g/mol. The van der Waals surface area contributed by atoms with E-state index in [1.807, 2.05) is 0 Å². The number of hydrogen-bond acceptors (Lipinski definition) is 3. The van der Waals surface area contributed by atoms with Gasteiger partial charge in [0.05, 0.1) is 16.8 Å². The Labute approximate surface area is 160 Å². The van der Waals surface area contributed by atoms with Crippen LogP contribution in [0.2, 0.25) is 0 Å². The van der Waals surface area contributed by atoms with Crippen LogP contribution in [0.4, 0.5) is 26.3 Å². The number of aromatic nitrogens is 2. The molecule has 0 spiro atoms. The van der Waals surface area contributed by atoms with Crippen molar-refractivity contribution in [1.82, 2.24) is 9.97 Å². The molecule has 0 unspecified atom stereocenters. The number of rotatable bonds is 3. The summed E-state index contributed by atoms with van der Waals surface area (Å²) in [5, 5.41) is 0. The molecule has 0 atom stereocenters. The third kappa shape index (κ3) is 4.53. The van der Waals surface area contributed by atoms with Crippen LogP contribution in [-0.4, -0.2) is 15.9 Å². The summed E-state index contributed by atoms with van der Waals surface area (Å²) in [6.07, 6.45) is -9.05. The van der Waals surface area contributed by atoms with Crippen molar-refractivity contribution in [1.29, 1.82) is 0 Å². The summed E-state index contributed by atoms with van der Waals surface area (Å²) in [4.78, 5) is 19.7. The zero-order chi connectivity index (χ0) is 21.4. The molecular formula is C19H11F6N3O. The van der Waals surface area contributed by atoms with Gasteiger partial charge in [-0.3, -0.25) is 4.79 Å². The molecule has 0 saturated heterocycles. The van der Waals surface area contributed by atoms with Gasteiger partial charge in [-0.25, -0.2) is 9.97 Å². The minimum Gasteiger partial charge on any atom is -0.364 e. The van der Waals surface area contributed by atoms with Crippen LogP contribution < -0.4 is 5.73 Å². The molecule has 0 bridgehead atoms. The first-order valence-corrected chi connectivity index (χ1v) is 7.99. The average Bonchev–Trinajstić information content (AvgIpc) is 2.66. The Hall–Kier alpha value is -3.43. The molecule has 3 aromatic rings. The topological polar surface area (TPSA) is 68.9 Å². The molecule has 2 N–H and O–H groups in total. The third-order valence-electron chi connectivity index (χ3n) is 3.96. The normalized spacial score (nSPS) is 12.1. The molecule has 10 heteroatoms. The van der Waals surface area contributed by atoms with Gasteiger partial charge in [0.2, 0.25) is 0 Å². The van der Waals surface area contributed by atoms with Crippen LogP contribution in [0.3, 0.4) is 0 Å². The number of nitrogens with zero attached hydrogens (tertiary/aromatic N) is 2. The van der Waals surface area contributed by atoms with Gasteiger partial charge in [0, 0.05) is 11.1 Å². The third-order valence-corrected chi connectivity index (χ3v) is 3.96. The molecule has 3 rings (SSSR count). The number of carbonyl (C=O) groups excluding carboxylic acids is 1. The van der Waals surface area contributed by atoms with E-state index in [0.717, 1.165) is 48.5 Å². The molecule has 1 heterocycles. The van der Waals surface area contributed by atoms with E-state index in [1.165, 1.54) is 6.07 Å². The van der Waals surface area contributed by atoms with Gasteiger partial charge in [-0.2, -0.15) is 26.3 Å². The Morgan fingerprint density at radius 2 is 1.17 bits per heavy atom. The van der Waals surface area contributed by atoms with Gasteiger partial charge in [-0.05, 0) is 30.3 Å². The van der Waals surface area contributed by atoms with E-state index in [1.54, 1.807) is 0 Å². The van der Waals surface area contributed by atoms with Gasteiger partial charge in [-0.15, -0.1) is 0 Å². The zero-order valence-electron chi connectivity index (χ0n) is 14.3. The van der Waals surface area contributed by atoms with E-state index in [0.29, 0.717) is 0 Å². The highest BCUT2D eigenvalue weighted by atomic mass is 19.4. The van der Waals surface area contributed by atoms with Crippen molar-refractivity contribution in [2.24, 2.45) is 5.73 Å². The molecular weight excluding hydrogens is 400 g/mol. The smallest absolute Gasteiger partial charge is 0.364 e. The van der Waals surface area contributed by atoms with Crippen molar-refractivity contribution in [2.45, 2.75) is 12.4 Å². The second-order valence-corrected chi connectivity index (χ2v) is 5.98. The molecule has 0 aliphatic heterocycles. The van der Waals surface area contributed by atoms with Crippen LogP contribution in [0.25, 0.3) is 22.6 Å². The minimum absolute atomic E-state index is 0.0927. The summed E-state index contributed by atoms with van der Waals surface area (Å²) < 4.78 is 76.3. The number of amides is 1. The van der Waals surface area contributed by atoms with Crippen molar-refractivity contribution >= 4 is 5.91 Å². The Morgan fingerprint density at radius 1 is 0.724 bits per heavy atom. The van der Waals surface area contributed by atoms with Crippen molar-refractivity contribution < 1.29 is 31.1 Å². The number of nitrogens with two attached hydrogens (primary N) is 1. The fourth-order valence-corrected chi connectivity index (χ4v) is 2.49. The van der Waals surface area contributed by atoms with Crippen molar-refractivity contribution in [3.8, 4) is 22.6 Å². The molecule has 0 fully saturated rings. The zero-order valence-corrected chi connectivity index (χ0v) is 14.3. The minimum atomic E-state index is -4.53. The van der Waals surface area contributed by atoms with Gasteiger partial charge in [0.1, 0.15) is 5.69 Å². The Bertz CT molecular complexity index is 966. The van der Waals surface area contributed by atoms with Crippen molar-refractivity contribution in [3.05, 3.63) is 71.4 Å². The first-order valence-electron chi connectivity index (χ1n) is 7.99. The fourth-order valence-electron chi connectivity index (χ4n) is 2.49. The Kier molecular flexibility index (Phi) is 5.04. The van der Waals surface area contributed by atoms with Gasteiger partial charge < -0.3 is 5.73 Å². The summed E-state index contributed by atoms with van der Waals surface area (Å²) in [5.41, 5.74) is 3.78. The first kappa shape index (κ1) is 20.3. The number of alkyl halides is 6. The Balaban J connectivity index is 2.06. The second kappa shape index (κ2) is 7.19. The standard InChI is InChI=1S/C19H11F6N3O/c20-18(21,22)12-5-1-10(2-6-12)14-9-15(16(26)29)28-17(27-14)11-3-7-13(8-4-11)19(23,24)25/h1-9H,(H2,26,29). The molecule has 0 saturated carbocycles. The molecule has 29 heavy (non-hydrogen) atoms. The summed E-state index contributed by atoms with van der Waals surface area (Å²) in [6.45, 7) is 0. The van der Waals surface area contributed by atoms with Gasteiger partial charge in [-0.1, -0.05) is 24.3 Å². The fraction of sp³-hybridized carbons (Fsp3) is 0.105. The van der Waals surface area contributed by atoms with Crippen LogP contribution in [0.1, 0.15) is 21.6 Å². The lowest BCUT2D eigenvalue weighted by Crippen LogP contribution is -2.14. The van der Waals surface area contributed by atoms with E-state index < -0.39 is 29.4 Å². The van der Waals surface area contributed by atoms with Crippen LogP contribution >= 0.6 is 0 Å². The molecule has 2 aromatic carbocycles. The second-order valence-electron chi connectivity index (χ2n) is 5.98. The number of benzene rings is 2. The largest absolute Gasteiger partial charge is 0.416 e. The predicted molar refractivity (Wildman–Crippen MR) is 91.4 cm³/mol. The van der Waals surface area contributed by atoms with E-state index in [-0.39, 0.29) is 28.3 Å². The first-order chi connectivity index (χ1) is 13.4. The van der Waals surface area contributed by atoms with Crippen molar-refractivity contribution in [2.75, 3.05) is 0 Å². The number of hydrogen-bond donors (Lipinski definition) is 1. The maximum atomic E-state index is 12.7. The van der Waals surface area contributed by atoms with Gasteiger partial charge in [0.15, 0.2) is 5.82 Å². The summed E-state index contributed by atoms with van der Waals surface area (Å²) >= 11 is 0. The average molecular weight is 411 g/mol. The maximum absolute atomic E-state index is 12.7. The summed E-state index contributed by atoms with van der Waals surface area (Å²) in [7, 11) is 0. The van der Waals surface area contributed by atoms with Crippen LogP contribution in [0.5, 0.6) is 0 Å². The van der Waals surface area contributed by atoms with Crippen LogP contribution in [-0.2, 0) is 12.4 Å². The molecule has 0 aliphatic rings. The predicted octanol–water partition coefficient (Wildman–Crippen LogP) is 4.95. The lowest BCUT2D eigenvalue weighted by Gasteiger charge is -2.10. The molecule has 150 valence electrons.